The third kappa shape index (κ3) is 2.26. The lowest BCUT2D eigenvalue weighted by Gasteiger charge is -2.47. The summed E-state index contributed by atoms with van der Waals surface area (Å²) < 4.78 is 0. The highest BCUT2D eigenvalue weighted by molar-refractivity contribution is 7.80. The van der Waals surface area contributed by atoms with Crippen molar-refractivity contribution in [3.8, 4) is 0 Å². The maximum absolute atomic E-state index is 12.7. The summed E-state index contributed by atoms with van der Waals surface area (Å²) in [6.45, 7) is 0.751. The lowest BCUT2D eigenvalue weighted by molar-refractivity contribution is -0.146. The third-order valence-corrected chi connectivity index (χ3v) is 4.81. The van der Waals surface area contributed by atoms with Crippen LogP contribution in [0.5, 0.6) is 0 Å². The lowest BCUT2D eigenvalue weighted by Crippen LogP contribution is -2.58. The van der Waals surface area contributed by atoms with Gasteiger partial charge in [0.15, 0.2) is 0 Å². The fourth-order valence-electron chi connectivity index (χ4n) is 2.76. The van der Waals surface area contributed by atoms with E-state index in [1.165, 1.54) is 6.42 Å². The van der Waals surface area contributed by atoms with Gasteiger partial charge >= 0.3 is 0 Å². The van der Waals surface area contributed by atoms with Crippen LogP contribution in [0.3, 0.4) is 0 Å². The summed E-state index contributed by atoms with van der Waals surface area (Å²) >= 11 is 5.11. The Hall–Kier alpha value is -0.680. The maximum Gasteiger partial charge on any atom is 0.235 e. The van der Waals surface area contributed by atoms with E-state index in [1.807, 2.05) is 4.90 Å². The van der Waals surface area contributed by atoms with Crippen LogP contribution in [0.1, 0.15) is 44.9 Å². The fraction of sp³-hybridized carbons (Fsp3) is 0.846. The molecule has 0 radical (unpaired) electrons. The monoisotopic (exact) mass is 270 g/mol. The second-order valence-corrected chi connectivity index (χ2v) is 5.90. The summed E-state index contributed by atoms with van der Waals surface area (Å²) in [6, 6.07) is 0.343. The minimum Gasteiger partial charge on any atom is -0.396 e. The predicted molar refractivity (Wildman–Crippen MR) is 74.1 cm³/mol. The molecular weight excluding hydrogens is 248 g/mol. The first-order valence-corrected chi connectivity index (χ1v) is 7.24. The van der Waals surface area contributed by atoms with Crippen molar-refractivity contribution < 1.29 is 9.90 Å². The number of hydrogen-bond donors (Lipinski definition) is 2. The second-order valence-electron chi connectivity index (χ2n) is 5.46. The zero-order valence-electron chi connectivity index (χ0n) is 10.7. The van der Waals surface area contributed by atoms with Gasteiger partial charge in [-0.05, 0) is 38.5 Å². The van der Waals surface area contributed by atoms with Crippen LogP contribution >= 0.6 is 12.2 Å². The molecule has 2 aliphatic carbocycles. The Bertz CT molecular complexity index is 338. The Morgan fingerprint density at radius 1 is 1.39 bits per heavy atom. The molecule has 0 atom stereocenters. The molecule has 0 saturated heterocycles. The molecule has 2 aliphatic rings. The summed E-state index contributed by atoms with van der Waals surface area (Å²) in [5.41, 5.74) is 5.23. The lowest BCUT2D eigenvalue weighted by atomic mass is 9.67. The number of aliphatic hydroxyl groups is 1. The van der Waals surface area contributed by atoms with Crippen molar-refractivity contribution in [2.24, 2.45) is 11.1 Å². The number of aliphatic hydroxyl groups excluding tert-OH is 1. The fourth-order valence-corrected chi connectivity index (χ4v) is 3.05. The Morgan fingerprint density at radius 2 is 2.06 bits per heavy atom. The Morgan fingerprint density at radius 3 is 2.39 bits per heavy atom. The van der Waals surface area contributed by atoms with E-state index >= 15 is 0 Å². The molecule has 0 aliphatic heterocycles. The Balaban J connectivity index is 2.08. The number of hydrogen-bond acceptors (Lipinski definition) is 3. The standard InChI is InChI=1S/C13H22N2O2S/c14-11(18)13(6-2-7-13)12(17)15(8-3-9-16)10-4-1-5-10/h10,16H,1-9H2,(H2,14,18). The average molecular weight is 270 g/mol. The van der Waals surface area contributed by atoms with Crippen molar-refractivity contribution in [1.82, 2.24) is 4.90 Å². The molecule has 2 saturated carbocycles. The molecule has 4 nitrogen and oxygen atoms in total. The van der Waals surface area contributed by atoms with Gasteiger partial charge in [0.1, 0.15) is 0 Å². The number of rotatable bonds is 6. The number of amides is 1. The van der Waals surface area contributed by atoms with Crippen LogP contribution < -0.4 is 5.73 Å². The first-order chi connectivity index (χ1) is 8.62. The molecule has 1 amide bonds. The summed E-state index contributed by atoms with van der Waals surface area (Å²) in [6.07, 6.45) is 6.59. The van der Waals surface area contributed by atoms with E-state index in [0.29, 0.717) is 24.0 Å². The normalized spacial score (nSPS) is 21.8. The van der Waals surface area contributed by atoms with Crippen molar-refractivity contribution >= 4 is 23.1 Å². The van der Waals surface area contributed by atoms with Gasteiger partial charge in [-0.2, -0.15) is 0 Å². The molecule has 102 valence electrons. The van der Waals surface area contributed by atoms with Crippen LogP contribution in [-0.2, 0) is 4.79 Å². The number of carbonyl (C=O) groups excluding carboxylic acids is 1. The van der Waals surface area contributed by atoms with Gasteiger partial charge in [-0.25, -0.2) is 0 Å². The molecule has 0 bridgehead atoms. The highest BCUT2D eigenvalue weighted by Gasteiger charge is 2.50. The molecule has 3 N–H and O–H groups in total. The van der Waals surface area contributed by atoms with E-state index in [9.17, 15) is 4.79 Å². The molecule has 5 heteroatoms. The van der Waals surface area contributed by atoms with Gasteiger partial charge in [0.05, 0.1) is 10.4 Å². The SMILES string of the molecule is NC(=S)C1(C(=O)N(CCCO)C2CCC2)CCC1. The number of carbonyl (C=O) groups is 1. The quantitative estimate of drug-likeness (QED) is 0.712. The molecule has 0 unspecified atom stereocenters. The highest BCUT2D eigenvalue weighted by Crippen LogP contribution is 2.44. The Labute approximate surface area is 114 Å². The average Bonchev–Trinajstić information content (AvgIpc) is 2.18. The minimum absolute atomic E-state index is 0.111. The van der Waals surface area contributed by atoms with Gasteiger partial charge in [-0.1, -0.05) is 18.6 Å². The van der Waals surface area contributed by atoms with E-state index in [0.717, 1.165) is 32.1 Å². The van der Waals surface area contributed by atoms with Crippen LogP contribution in [0.15, 0.2) is 0 Å². The van der Waals surface area contributed by atoms with Crippen molar-refractivity contribution in [3.05, 3.63) is 0 Å². The van der Waals surface area contributed by atoms with Gasteiger partial charge in [0, 0.05) is 19.2 Å². The molecule has 0 spiro atoms. The second kappa shape index (κ2) is 5.53. The smallest absolute Gasteiger partial charge is 0.235 e. The predicted octanol–water partition coefficient (Wildman–Crippen LogP) is 1.21. The first-order valence-electron chi connectivity index (χ1n) is 6.83. The maximum atomic E-state index is 12.7. The van der Waals surface area contributed by atoms with Gasteiger partial charge in [-0.3, -0.25) is 4.79 Å². The van der Waals surface area contributed by atoms with Crippen LogP contribution in [-0.4, -0.2) is 40.1 Å². The summed E-state index contributed by atoms with van der Waals surface area (Å²) in [7, 11) is 0. The van der Waals surface area contributed by atoms with Crippen molar-refractivity contribution in [2.45, 2.75) is 51.0 Å². The van der Waals surface area contributed by atoms with Crippen LogP contribution in [0, 0.1) is 5.41 Å². The van der Waals surface area contributed by atoms with E-state index in [-0.39, 0.29) is 12.5 Å². The van der Waals surface area contributed by atoms with Crippen molar-refractivity contribution in [2.75, 3.05) is 13.2 Å². The highest BCUT2D eigenvalue weighted by atomic mass is 32.1. The zero-order valence-corrected chi connectivity index (χ0v) is 11.5. The topological polar surface area (TPSA) is 66.6 Å². The van der Waals surface area contributed by atoms with Crippen LogP contribution in [0.25, 0.3) is 0 Å². The van der Waals surface area contributed by atoms with Crippen molar-refractivity contribution in [3.63, 3.8) is 0 Å². The molecule has 2 fully saturated rings. The molecule has 0 aromatic heterocycles. The van der Waals surface area contributed by atoms with E-state index in [4.69, 9.17) is 23.1 Å². The molecular formula is C13H22N2O2S. The summed E-state index contributed by atoms with van der Waals surface area (Å²) in [5.74, 6) is 0.111. The van der Waals surface area contributed by atoms with Gasteiger partial charge < -0.3 is 15.7 Å². The number of nitrogens with two attached hydrogens (primary N) is 1. The molecule has 0 aromatic rings. The van der Waals surface area contributed by atoms with Crippen LogP contribution in [0.2, 0.25) is 0 Å². The molecule has 0 heterocycles. The van der Waals surface area contributed by atoms with Gasteiger partial charge in [0.25, 0.3) is 0 Å². The van der Waals surface area contributed by atoms with Gasteiger partial charge in [-0.15, -0.1) is 0 Å². The Kier molecular flexibility index (Phi) is 4.22. The summed E-state index contributed by atoms with van der Waals surface area (Å²) in [4.78, 5) is 15.0. The number of nitrogens with zero attached hydrogens (tertiary/aromatic N) is 1. The summed E-state index contributed by atoms with van der Waals surface area (Å²) in [5, 5.41) is 8.96. The first kappa shape index (κ1) is 13.7. The van der Waals surface area contributed by atoms with E-state index < -0.39 is 5.41 Å². The van der Waals surface area contributed by atoms with Crippen molar-refractivity contribution in [1.29, 1.82) is 0 Å². The van der Waals surface area contributed by atoms with Crippen LogP contribution in [0.4, 0.5) is 0 Å². The third-order valence-electron chi connectivity index (χ3n) is 4.42. The molecule has 2 rings (SSSR count). The molecule has 0 aromatic carbocycles. The molecule has 18 heavy (non-hydrogen) atoms. The number of thiocarbonyl (C=S) groups is 1. The van der Waals surface area contributed by atoms with E-state index in [2.05, 4.69) is 0 Å². The minimum atomic E-state index is -0.569. The zero-order chi connectivity index (χ0) is 13.2. The van der Waals surface area contributed by atoms with E-state index in [1.54, 1.807) is 0 Å². The largest absolute Gasteiger partial charge is 0.396 e. The van der Waals surface area contributed by atoms with Gasteiger partial charge in [0.2, 0.25) is 5.91 Å².